The first-order valence-corrected chi connectivity index (χ1v) is 8.82. The third-order valence-electron chi connectivity index (χ3n) is 3.76. The van der Waals surface area contributed by atoms with Crippen LogP contribution in [0.4, 0.5) is 0 Å². The summed E-state index contributed by atoms with van der Waals surface area (Å²) in [6.07, 6.45) is 0.0297. The summed E-state index contributed by atoms with van der Waals surface area (Å²) in [4.78, 5) is 7.02. The van der Waals surface area contributed by atoms with Gasteiger partial charge >= 0.3 is 0 Å². The average molecular weight is 334 g/mol. The lowest BCUT2D eigenvalue weighted by atomic mass is 10.3. The molecule has 6 nitrogen and oxygen atoms in total. The van der Waals surface area contributed by atoms with E-state index in [1.165, 1.54) is 0 Å². The van der Waals surface area contributed by atoms with Gasteiger partial charge in [0.15, 0.2) is 5.96 Å². The summed E-state index contributed by atoms with van der Waals surface area (Å²) in [5, 5.41) is 6.67. The summed E-state index contributed by atoms with van der Waals surface area (Å²) >= 11 is 0. The van der Waals surface area contributed by atoms with E-state index in [4.69, 9.17) is 9.47 Å². The van der Waals surface area contributed by atoms with Crippen LogP contribution in [0.5, 0.6) is 5.75 Å². The van der Waals surface area contributed by atoms with Gasteiger partial charge in [0.2, 0.25) is 0 Å². The molecule has 1 atom stereocenters. The van der Waals surface area contributed by atoms with Crippen molar-refractivity contribution in [2.75, 3.05) is 52.5 Å². The SMILES string of the molecule is CCNC(=NCC(C)Oc1ccccc1)NCCN1CCOCC1. The van der Waals surface area contributed by atoms with Gasteiger partial charge in [-0.3, -0.25) is 4.90 Å². The monoisotopic (exact) mass is 334 g/mol. The van der Waals surface area contributed by atoms with Crippen LogP contribution >= 0.6 is 0 Å². The van der Waals surface area contributed by atoms with Gasteiger partial charge in [-0.2, -0.15) is 0 Å². The molecule has 0 saturated carbocycles. The van der Waals surface area contributed by atoms with Gasteiger partial charge in [-0.1, -0.05) is 18.2 Å². The first kappa shape index (κ1) is 18.5. The number of nitrogens with one attached hydrogen (secondary N) is 2. The standard InChI is InChI=1S/C18H30N4O2/c1-3-19-18(20-9-10-22-11-13-23-14-12-22)21-15-16(2)24-17-7-5-4-6-8-17/h4-8,16H,3,9-15H2,1-2H3,(H2,19,20,21). The van der Waals surface area contributed by atoms with E-state index in [0.717, 1.165) is 57.6 Å². The van der Waals surface area contributed by atoms with Gasteiger partial charge < -0.3 is 20.1 Å². The second-order valence-electron chi connectivity index (χ2n) is 5.84. The number of benzene rings is 1. The van der Waals surface area contributed by atoms with Crippen molar-refractivity contribution in [2.24, 2.45) is 4.99 Å². The highest BCUT2D eigenvalue weighted by Crippen LogP contribution is 2.10. The van der Waals surface area contributed by atoms with Gasteiger partial charge in [0.25, 0.3) is 0 Å². The van der Waals surface area contributed by atoms with E-state index in [1.54, 1.807) is 0 Å². The molecule has 0 aromatic heterocycles. The minimum Gasteiger partial charge on any atom is -0.489 e. The van der Waals surface area contributed by atoms with E-state index >= 15 is 0 Å². The van der Waals surface area contributed by atoms with Crippen molar-refractivity contribution in [1.82, 2.24) is 15.5 Å². The molecule has 1 heterocycles. The van der Waals surface area contributed by atoms with Gasteiger partial charge in [0.05, 0.1) is 19.8 Å². The minimum absolute atomic E-state index is 0.0297. The fourth-order valence-electron chi connectivity index (χ4n) is 2.49. The fourth-order valence-corrected chi connectivity index (χ4v) is 2.49. The molecular formula is C18H30N4O2. The molecule has 0 bridgehead atoms. The Kier molecular flexibility index (Phi) is 8.41. The van der Waals surface area contributed by atoms with Crippen molar-refractivity contribution in [1.29, 1.82) is 0 Å². The van der Waals surface area contributed by atoms with E-state index in [1.807, 2.05) is 37.3 Å². The Morgan fingerprint density at radius 2 is 2.00 bits per heavy atom. The van der Waals surface area contributed by atoms with Crippen LogP contribution in [-0.2, 0) is 4.74 Å². The zero-order valence-corrected chi connectivity index (χ0v) is 14.8. The van der Waals surface area contributed by atoms with Gasteiger partial charge in [0.1, 0.15) is 11.9 Å². The van der Waals surface area contributed by atoms with Gasteiger partial charge in [-0.15, -0.1) is 0 Å². The summed E-state index contributed by atoms with van der Waals surface area (Å²) in [6.45, 7) is 11.1. The highest BCUT2D eigenvalue weighted by molar-refractivity contribution is 5.79. The first-order valence-electron chi connectivity index (χ1n) is 8.82. The number of guanidine groups is 1. The van der Waals surface area contributed by atoms with Crippen LogP contribution in [0.3, 0.4) is 0 Å². The number of ether oxygens (including phenoxy) is 2. The molecule has 0 aliphatic carbocycles. The first-order chi connectivity index (χ1) is 11.8. The Morgan fingerprint density at radius 3 is 2.71 bits per heavy atom. The summed E-state index contributed by atoms with van der Waals surface area (Å²) in [6, 6.07) is 9.86. The number of rotatable bonds is 8. The average Bonchev–Trinajstić information content (AvgIpc) is 2.61. The van der Waals surface area contributed by atoms with Crippen LogP contribution < -0.4 is 15.4 Å². The summed E-state index contributed by atoms with van der Waals surface area (Å²) in [5.74, 6) is 1.72. The molecule has 24 heavy (non-hydrogen) atoms. The number of aliphatic imine (C=N–C) groups is 1. The Bertz CT molecular complexity index is 475. The Morgan fingerprint density at radius 1 is 1.25 bits per heavy atom. The molecule has 0 amide bonds. The Hall–Kier alpha value is -1.79. The third-order valence-corrected chi connectivity index (χ3v) is 3.76. The molecule has 1 saturated heterocycles. The highest BCUT2D eigenvalue weighted by atomic mass is 16.5. The fraction of sp³-hybridized carbons (Fsp3) is 0.611. The van der Waals surface area contributed by atoms with Crippen molar-refractivity contribution < 1.29 is 9.47 Å². The zero-order valence-electron chi connectivity index (χ0n) is 14.8. The largest absolute Gasteiger partial charge is 0.489 e. The second kappa shape index (κ2) is 10.9. The molecule has 1 fully saturated rings. The normalized spacial score (nSPS) is 17.3. The summed E-state index contributed by atoms with van der Waals surface area (Å²) < 4.78 is 11.2. The molecule has 2 N–H and O–H groups in total. The van der Waals surface area contributed by atoms with Crippen molar-refractivity contribution in [3.05, 3.63) is 30.3 Å². The quantitative estimate of drug-likeness (QED) is 0.555. The van der Waals surface area contributed by atoms with Gasteiger partial charge in [-0.25, -0.2) is 4.99 Å². The van der Waals surface area contributed by atoms with Crippen molar-refractivity contribution in [3.8, 4) is 5.75 Å². The maximum absolute atomic E-state index is 5.86. The van der Waals surface area contributed by atoms with Crippen LogP contribution in [0.25, 0.3) is 0 Å². The second-order valence-corrected chi connectivity index (χ2v) is 5.84. The lowest BCUT2D eigenvalue weighted by Gasteiger charge is -2.26. The molecule has 1 aliphatic heterocycles. The number of hydrogen-bond acceptors (Lipinski definition) is 4. The maximum atomic E-state index is 5.86. The molecule has 1 unspecified atom stereocenters. The number of para-hydroxylation sites is 1. The summed E-state index contributed by atoms with van der Waals surface area (Å²) in [7, 11) is 0. The van der Waals surface area contributed by atoms with Crippen molar-refractivity contribution in [2.45, 2.75) is 20.0 Å². The van der Waals surface area contributed by atoms with Crippen molar-refractivity contribution in [3.63, 3.8) is 0 Å². The van der Waals surface area contributed by atoms with E-state index in [2.05, 4.69) is 27.4 Å². The molecule has 1 aromatic carbocycles. The molecule has 6 heteroatoms. The number of hydrogen-bond donors (Lipinski definition) is 2. The van der Waals surface area contributed by atoms with Crippen LogP contribution in [0.15, 0.2) is 35.3 Å². The lowest BCUT2D eigenvalue weighted by molar-refractivity contribution is 0.0389. The maximum Gasteiger partial charge on any atom is 0.191 e. The zero-order chi connectivity index (χ0) is 17.0. The van der Waals surface area contributed by atoms with E-state index in [0.29, 0.717) is 6.54 Å². The lowest BCUT2D eigenvalue weighted by Crippen LogP contribution is -2.44. The van der Waals surface area contributed by atoms with Crippen LogP contribution in [-0.4, -0.2) is 69.4 Å². The summed E-state index contributed by atoms with van der Waals surface area (Å²) in [5.41, 5.74) is 0. The number of morpholine rings is 1. The molecule has 134 valence electrons. The van der Waals surface area contributed by atoms with Crippen LogP contribution in [0, 0.1) is 0 Å². The van der Waals surface area contributed by atoms with Crippen LogP contribution in [0.1, 0.15) is 13.8 Å². The number of nitrogens with zero attached hydrogens (tertiary/aromatic N) is 2. The Balaban J connectivity index is 1.72. The molecule has 0 spiro atoms. The minimum atomic E-state index is 0.0297. The Labute approximate surface area is 145 Å². The molecule has 0 radical (unpaired) electrons. The van der Waals surface area contributed by atoms with E-state index in [9.17, 15) is 0 Å². The smallest absolute Gasteiger partial charge is 0.191 e. The molecule has 1 aromatic rings. The van der Waals surface area contributed by atoms with Gasteiger partial charge in [0, 0.05) is 32.7 Å². The van der Waals surface area contributed by atoms with Gasteiger partial charge in [-0.05, 0) is 26.0 Å². The van der Waals surface area contributed by atoms with Crippen molar-refractivity contribution >= 4 is 5.96 Å². The highest BCUT2D eigenvalue weighted by Gasteiger charge is 2.10. The predicted octanol–water partition coefficient (Wildman–Crippen LogP) is 1.34. The molecular weight excluding hydrogens is 304 g/mol. The predicted molar refractivity (Wildman–Crippen MR) is 97.8 cm³/mol. The third kappa shape index (κ3) is 7.19. The molecule has 2 rings (SSSR count). The van der Waals surface area contributed by atoms with E-state index < -0.39 is 0 Å². The topological polar surface area (TPSA) is 58.1 Å². The molecule has 1 aliphatic rings. The van der Waals surface area contributed by atoms with Crippen LogP contribution in [0.2, 0.25) is 0 Å². The van der Waals surface area contributed by atoms with E-state index in [-0.39, 0.29) is 6.10 Å².